The lowest BCUT2D eigenvalue weighted by molar-refractivity contribution is -0.216. The summed E-state index contributed by atoms with van der Waals surface area (Å²) < 4.78 is 54.1. The van der Waals surface area contributed by atoms with Gasteiger partial charge in [-0.2, -0.15) is 13.2 Å². The Balaban J connectivity index is 2.07. The largest absolute Gasteiger partial charge is 0.468 e. The van der Waals surface area contributed by atoms with Crippen molar-refractivity contribution in [1.29, 1.82) is 0 Å². The Kier molecular flexibility index (Phi) is 5.89. The molecule has 10 heteroatoms. The molecule has 1 amide bonds. The predicted molar refractivity (Wildman–Crippen MR) is 113 cm³/mol. The quantitative estimate of drug-likeness (QED) is 0.500. The number of hydrazine groups is 1. The number of methoxy groups -OCH3 is 2. The molecule has 0 bridgehead atoms. The van der Waals surface area contributed by atoms with E-state index in [0.29, 0.717) is 22.6 Å². The van der Waals surface area contributed by atoms with E-state index < -0.39 is 41.5 Å². The highest BCUT2D eigenvalue weighted by atomic mass is 19.4. The molecule has 1 saturated heterocycles. The summed E-state index contributed by atoms with van der Waals surface area (Å²) in [6.45, 7) is 1.72. The number of amides is 1. The predicted octanol–water partition coefficient (Wildman–Crippen LogP) is 3.23. The third-order valence-corrected chi connectivity index (χ3v) is 6.47. The lowest BCUT2D eigenvalue weighted by Gasteiger charge is -2.38. The fraction of sp³-hybridized carbons (Fsp3) is 0.375. The van der Waals surface area contributed by atoms with Crippen molar-refractivity contribution in [2.75, 3.05) is 20.8 Å². The zero-order valence-electron chi connectivity index (χ0n) is 18.8. The number of fused-ring (bicyclic) bond motifs is 3. The molecule has 4 rings (SSSR count). The van der Waals surface area contributed by atoms with Crippen LogP contribution >= 0.6 is 0 Å². The standard InChI is InChI=1S/C24H23F3N2O5/c1-14-9-10-15-11-12-28-18(17(15)13-14)23(21(31)33-2,22(32)34-3)20(24(25,26)27)29(28)19(30)16-7-5-4-6-8-16/h4-10,13,18,20H,11-12H2,1-3H3/t18-,20-/m0/s1. The van der Waals surface area contributed by atoms with Gasteiger partial charge in [0, 0.05) is 12.1 Å². The van der Waals surface area contributed by atoms with E-state index in [-0.39, 0.29) is 12.1 Å². The van der Waals surface area contributed by atoms with Gasteiger partial charge in [-0.25, -0.2) is 5.01 Å². The summed E-state index contributed by atoms with van der Waals surface area (Å²) in [5.41, 5.74) is -1.16. The van der Waals surface area contributed by atoms with Crippen LogP contribution in [0.15, 0.2) is 48.5 Å². The number of alkyl halides is 3. The van der Waals surface area contributed by atoms with Crippen LogP contribution in [0.2, 0.25) is 0 Å². The van der Waals surface area contributed by atoms with E-state index in [2.05, 4.69) is 0 Å². The number of halogens is 3. The molecule has 2 heterocycles. The van der Waals surface area contributed by atoms with Gasteiger partial charge < -0.3 is 9.47 Å². The molecule has 180 valence electrons. The molecule has 0 aromatic heterocycles. The number of esters is 2. The summed E-state index contributed by atoms with van der Waals surface area (Å²) in [4.78, 5) is 40.0. The van der Waals surface area contributed by atoms with E-state index in [9.17, 15) is 27.6 Å². The molecule has 0 spiro atoms. The molecule has 0 radical (unpaired) electrons. The fourth-order valence-corrected chi connectivity index (χ4v) is 5.14. The summed E-state index contributed by atoms with van der Waals surface area (Å²) >= 11 is 0. The van der Waals surface area contributed by atoms with Crippen molar-refractivity contribution in [3.63, 3.8) is 0 Å². The van der Waals surface area contributed by atoms with Crippen molar-refractivity contribution in [1.82, 2.24) is 10.0 Å². The average Bonchev–Trinajstić information content (AvgIpc) is 3.16. The van der Waals surface area contributed by atoms with Crippen LogP contribution in [0.4, 0.5) is 13.2 Å². The van der Waals surface area contributed by atoms with Crippen LogP contribution in [0.25, 0.3) is 0 Å². The second kappa shape index (κ2) is 8.43. The van der Waals surface area contributed by atoms with Crippen molar-refractivity contribution in [2.24, 2.45) is 5.41 Å². The maximum atomic E-state index is 14.8. The normalized spacial score (nSPS) is 21.4. The van der Waals surface area contributed by atoms with Gasteiger partial charge in [0.2, 0.25) is 5.41 Å². The van der Waals surface area contributed by atoms with Gasteiger partial charge in [-0.3, -0.25) is 19.4 Å². The first-order valence-electron chi connectivity index (χ1n) is 10.6. The Morgan fingerprint density at radius 2 is 1.62 bits per heavy atom. The third-order valence-electron chi connectivity index (χ3n) is 6.47. The molecule has 0 aliphatic carbocycles. The molecule has 34 heavy (non-hydrogen) atoms. The number of nitrogens with zero attached hydrogens (tertiary/aromatic N) is 2. The van der Waals surface area contributed by atoms with Gasteiger partial charge in [0.25, 0.3) is 5.91 Å². The SMILES string of the molecule is COC(=O)C1(C(=O)OC)[C@@H]2c3cc(C)ccc3CCN2N(C(=O)c2ccccc2)[C@@H]1C(F)(F)F. The third kappa shape index (κ3) is 3.35. The number of hydrogen-bond acceptors (Lipinski definition) is 6. The summed E-state index contributed by atoms with van der Waals surface area (Å²) in [7, 11) is 1.82. The second-order valence-corrected chi connectivity index (χ2v) is 8.33. The number of carbonyl (C=O) groups is 3. The molecule has 0 N–H and O–H groups in total. The lowest BCUT2D eigenvalue weighted by atomic mass is 9.70. The Morgan fingerprint density at radius 1 is 1.00 bits per heavy atom. The van der Waals surface area contributed by atoms with Crippen LogP contribution in [0.1, 0.15) is 33.1 Å². The molecular formula is C24H23F3N2O5. The van der Waals surface area contributed by atoms with Crippen LogP contribution in [0.5, 0.6) is 0 Å². The van der Waals surface area contributed by atoms with Crippen LogP contribution in [0.3, 0.4) is 0 Å². The summed E-state index contributed by atoms with van der Waals surface area (Å²) in [5, 5.41) is 1.67. The van der Waals surface area contributed by atoms with E-state index in [0.717, 1.165) is 19.8 Å². The molecule has 2 aromatic carbocycles. The maximum Gasteiger partial charge on any atom is 0.412 e. The van der Waals surface area contributed by atoms with Gasteiger partial charge in [-0.05, 0) is 36.6 Å². The minimum Gasteiger partial charge on any atom is -0.468 e. The molecule has 2 aliphatic rings. The van der Waals surface area contributed by atoms with E-state index in [1.165, 1.54) is 29.3 Å². The summed E-state index contributed by atoms with van der Waals surface area (Å²) in [6.07, 6.45) is -4.86. The van der Waals surface area contributed by atoms with E-state index in [1.807, 2.05) is 0 Å². The molecule has 2 aromatic rings. The lowest BCUT2D eigenvalue weighted by Crippen LogP contribution is -2.60. The van der Waals surface area contributed by atoms with Gasteiger partial charge in [-0.1, -0.05) is 42.0 Å². The highest BCUT2D eigenvalue weighted by Crippen LogP contribution is 2.58. The average molecular weight is 476 g/mol. The molecule has 2 atom stereocenters. The van der Waals surface area contributed by atoms with Crippen LogP contribution in [0, 0.1) is 12.3 Å². The maximum absolute atomic E-state index is 14.8. The first-order chi connectivity index (χ1) is 16.1. The topological polar surface area (TPSA) is 76.2 Å². The molecule has 2 aliphatic heterocycles. The van der Waals surface area contributed by atoms with E-state index in [1.54, 1.807) is 31.2 Å². The number of benzene rings is 2. The first-order valence-corrected chi connectivity index (χ1v) is 10.6. The van der Waals surface area contributed by atoms with Crippen LogP contribution < -0.4 is 0 Å². The second-order valence-electron chi connectivity index (χ2n) is 8.33. The van der Waals surface area contributed by atoms with Crippen molar-refractivity contribution in [2.45, 2.75) is 31.6 Å². The highest BCUT2D eigenvalue weighted by molar-refractivity contribution is 6.05. The van der Waals surface area contributed by atoms with Gasteiger partial charge >= 0.3 is 18.1 Å². The van der Waals surface area contributed by atoms with Crippen molar-refractivity contribution < 1.29 is 37.0 Å². The summed E-state index contributed by atoms with van der Waals surface area (Å²) in [5.74, 6) is -3.83. The van der Waals surface area contributed by atoms with E-state index in [4.69, 9.17) is 9.47 Å². The Bertz CT molecular complexity index is 1120. The minimum absolute atomic E-state index is 0.0175. The number of hydrogen-bond donors (Lipinski definition) is 0. The zero-order chi connectivity index (χ0) is 24.8. The fourth-order valence-electron chi connectivity index (χ4n) is 5.14. The Morgan fingerprint density at radius 3 is 2.18 bits per heavy atom. The first kappa shape index (κ1) is 23.7. The van der Waals surface area contributed by atoms with Crippen LogP contribution in [-0.4, -0.2) is 60.8 Å². The van der Waals surface area contributed by atoms with Crippen molar-refractivity contribution in [3.05, 3.63) is 70.8 Å². The molecule has 7 nitrogen and oxygen atoms in total. The molecule has 0 unspecified atom stereocenters. The van der Waals surface area contributed by atoms with Crippen LogP contribution in [-0.2, 0) is 25.5 Å². The van der Waals surface area contributed by atoms with E-state index >= 15 is 0 Å². The zero-order valence-corrected chi connectivity index (χ0v) is 18.8. The number of ether oxygens (including phenoxy) is 2. The molecule has 0 saturated carbocycles. The highest BCUT2D eigenvalue weighted by Gasteiger charge is 2.78. The number of rotatable bonds is 3. The minimum atomic E-state index is -5.17. The molecule has 1 fully saturated rings. The number of aryl methyl sites for hydroxylation is 1. The summed E-state index contributed by atoms with van der Waals surface area (Å²) in [6, 6.07) is 8.31. The van der Waals surface area contributed by atoms with Gasteiger partial charge in [-0.15, -0.1) is 0 Å². The molecular weight excluding hydrogens is 453 g/mol. The van der Waals surface area contributed by atoms with Crippen molar-refractivity contribution in [3.8, 4) is 0 Å². The monoisotopic (exact) mass is 476 g/mol. The Labute approximate surface area is 194 Å². The van der Waals surface area contributed by atoms with Crippen molar-refractivity contribution >= 4 is 17.8 Å². The van der Waals surface area contributed by atoms with Gasteiger partial charge in [0.05, 0.1) is 20.3 Å². The Hall–Kier alpha value is -3.40. The van der Waals surface area contributed by atoms with Gasteiger partial charge in [0.1, 0.15) is 0 Å². The van der Waals surface area contributed by atoms with Gasteiger partial charge in [0.15, 0.2) is 6.04 Å². The smallest absolute Gasteiger partial charge is 0.412 e. The number of carbonyl (C=O) groups excluding carboxylic acids is 3.